The van der Waals surface area contributed by atoms with E-state index >= 15 is 0 Å². The molecule has 0 spiro atoms. The van der Waals surface area contributed by atoms with E-state index in [1.807, 2.05) is 18.2 Å². The smallest absolute Gasteiger partial charge is 0.387 e. The van der Waals surface area contributed by atoms with Crippen molar-refractivity contribution in [1.29, 1.82) is 0 Å². The average Bonchev–Trinajstić information content (AvgIpc) is 2.49. The van der Waals surface area contributed by atoms with Gasteiger partial charge in [-0.2, -0.15) is 8.78 Å². The third kappa shape index (κ3) is 6.12. The minimum absolute atomic E-state index is 0.0342. The molecule has 2 aromatic rings. The van der Waals surface area contributed by atoms with E-state index in [-0.39, 0.29) is 11.8 Å². The third-order valence-corrected chi connectivity index (χ3v) is 3.16. The van der Waals surface area contributed by atoms with Gasteiger partial charge in [-0.3, -0.25) is 0 Å². The molecule has 0 unspecified atom stereocenters. The Morgan fingerprint density at radius 2 is 1.91 bits per heavy atom. The lowest BCUT2D eigenvalue weighted by Gasteiger charge is -2.09. The normalized spacial score (nSPS) is 10.4. The van der Waals surface area contributed by atoms with Crippen molar-refractivity contribution in [2.75, 3.05) is 11.9 Å². The second-order valence-electron chi connectivity index (χ2n) is 4.66. The summed E-state index contributed by atoms with van der Waals surface area (Å²) in [6.07, 6.45) is 0.648. The zero-order valence-electron chi connectivity index (χ0n) is 12.1. The van der Waals surface area contributed by atoms with Crippen molar-refractivity contribution >= 4 is 23.3 Å². The summed E-state index contributed by atoms with van der Waals surface area (Å²) in [5, 5.41) is 5.95. The summed E-state index contributed by atoms with van der Waals surface area (Å²) in [7, 11) is 0. The second-order valence-corrected chi connectivity index (χ2v) is 5.10. The van der Waals surface area contributed by atoms with Crippen LogP contribution in [-0.2, 0) is 6.42 Å². The molecule has 0 saturated heterocycles. The van der Waals surface area contributed by atoms with E-state index in [4.69, 9.17) is 11.6 Å². The Labute approximate surface area is 137 Å². The molecule has 2 aromatic carbocycles. The number of carbonyl (C=O) groups excluding carboxylic acids is 1. The molecular weight excluding hydrogens is 326 g/mol. The Morgan fingerprint density at radius 3 is 2.57 bits per heavy atom. The molecule has 0 heterocycles. The first-order chi connectivity index (χ1) is 11.0. The van der Waals surface area contributed by atoms with Gasteiger partial charge in [-0.15, -0.1) is 0 Å². The summed E-state index contributed by atoms with van der Waals surface area (Å²) in [6, 6.07) is 12.7. The highest BCUT2D eigenvalue weighted by molar-refractivity contribution is 6.30. The summed E-state index contributed by atoms with van der Waals surface area (Å²) < 4.78 is 28.3. The summed E-state index contributed by atoms with van der Waals surface area (Å²) >= 11 is 5.88. The van der Waals surface area contributed by atoms with Gasteiger partial charge in [-0.05, 0) is 48.4 Å². The van der Waals surface area contributed by atoms with E-state index in [1.54, 1.807) is 6.07 Å². The number of halogens is 3. The van der Waals surface area contributed by atoms with Crippen LogP contribution in [0.4, 0.5) is 19.3 Å². The van der Waals surface area contributed by atoms with E-state index in [2.05, 4.69) is 15.4 Å². The Kier molecular flexibility index (Phi) is 6.17. The molecule has 0 bridgehead atoms. The van der Waals surface area contributed by atoms with Crippen LogP contribution < -0.4 is 15.4 Å². The fraction of sp³-hybridized carbons (Fsp3) is 0.188. The molecule has 4 nitrogen and oxygen atoms in total. The molecule has 0 saturated carbocycles. The Hall–Kier alpha value is -2.34. The second kappa shape index (κ2) is 8.33. The molecule has 2 amide bonds. The van der Waals surface area contributed by atoms with Gasteiger partial charge in [0, 0.05) is 17.3 Å². The Balaban J connectivity index is 1.76. The molecule has 0 atom stereocenters. The van der Waals surface area contributed by atoms with E-state index < -0.39 is 6.61 Å². The molecule has 2 rings (SSSR count). The number of rotatable bonds is 6. The van der Waals surface area contributed by atoms with Crippen LogP contribution in [0.5, 0.6) is 5.75 Å². The van der Waals surface area contributed by atoms with E-state index in [9.17, 15) is 13.6 Å². The molecule has 0 aliphatic carbocycles. The summed E-state index contributed by atoms with van der Waals surface area (Å²) in [4.78, 5) is 11.7. The highest BCUT2D eigenvalue weighted by Crippen LogP contribution is 2.17. The number of urea groups is 1. The maximum absolute atomic E-state index is 12.0. The summed E-state index contributed by atoms with van der Waals surface area (Å²) in [5.74, 6) is 0.0342. The number of nitrogens with one attached hydrogen (secondary N) is 2. The number of amides is 2. The van der Waals surface area contributed by atoms with Crippen LogP contribution in [-0.4, -0.2) is 19.2 Å². The number of hydrogen-bond acceptors (Lipinski definition) is 2. The van der Waals surface area contributed by atoms with Crippen LogP contribution in [0.15, 0.2) is 48.5 Å². The fourth-order valence-electron chi connectivity index (χ4n) is 1.91. The van der Waals surface area contributed by atoms with E-state index in [0.717, 1.165) is 5.56 Å². The SMILES string of the molecule is O=C(NCCc1cccc(Cl)c1)Nc1ccc(OC(F)F)cc1. The van der Waals surface area contributed by atoms with Crippen LogP contribution in [0, 0.1) is 0 Å². The number of carbonyl (C=O) groups is 1. The molecule has 7 heteroatoms. The zero-order valence-corrected chi connectivity index (χ0v) is 12.8. The first-order valence-corrected chi connectivity index (χ1v) is 7.25. The van der Waals surface area contributed by atoms with Crippen LogP contribution >= 0.6 is 11.6 Å². The van der Waals surface area contributed by atoms with Gasteiger partial charge in [0.05, 0.1) is 0 Å². The van der Waals surface area contributed by atoms with Gasteiger partial charge < -0.3 is 15.4 Å². The predicted octanol–water partition coefficient (Wildman–Crippen LogP) is 4.31. The lowest BCUT2D eigenvalue weighted by molar-refractivity contribution is -0.0498. The van der Waals surface area contributed by atoms with E-state index in [0.29, 0.717) is 23.7 Å². The highest BCUT2D eigenvalue weighted by atomic mass is 35.5. The van der Waals surface area contributed by atoms with Crippen molar-refractivity contribution in [2.24, 2.45) is 0 Å². The maximum atomic E-state index is 12.0. The molecular formula is C16H15ClF2N2O2. The van der Waals surface area contributed by atoms with Crippen LogP contribution in [0.2, 0.25) is 5.02 Å². The molecule has 2 N–H and O–H groups in total. The molecule has 122 valence electrons. The highest BCUT2D eigenvalue weighted by Gasteiger charge is 2.05. The number of alkyl halides is 2. The Morgan fingerprint density at radius 1 is 1.17 bits per heavy atom. The van der Waals surface area contributed by atoms with Gasteiger partial charge in [0.25, 0.3) is 0 Å². The van der Waals surface area contributed by atoms with Crippen molar-refractivity contribution in [1.82, 2.24) is 5.32 Å². The largest absolute Gasteiger partial charge is 0.435 e. The van der Waals surface area contributed by atoms with Crippen molar-refractivity contribution < 1.29 is 18.3 Å². The number of anilines is 1. The van der Waals surface area contributed by atoms with Crippen molar-refractivity contribution in [3.63, 3.8) is 0 Å². The lowest BCUT2D eigenvalue weighted by atomic mass is 10.1. The molecule has 0 fully saturated rings. The Bertz CT molecular complexity index is 651. The van der Waals surface area contributed by atoms with Gasteiger partial charge in [0.15, 0.2) is 0 Å². The summed E-state index contributed by atoms with van der Waals surface area (Å²) in [5.41, 5.74) is 1.50. The van der Waals surface area contributed by atoms with Gasteiger partial charge in [-0.25, -0.2) is 4.79 Å². The monoisotopic (exact) mass is 340 g/mol. The quantitative estimate of drug-likeness (QED) is 0.823. The van der Waals surface area contributed by atoms with Gasteiger partial charge >= 0.3 is 12.6 Å². The molecule has 0 aromatic heterocycles. The molecule has 0 aliphatic heterocycles. The third-order valence-electron chi connectivity index (χ3n) is 2.93. The number of hydrogen-bond donors (Lipinski definition) is 2. The summed E-state index contributed by atoms with van der Waals surface area (Å²) in [6.45, 7) is -2.43. The minimum atomic E-state index is -2.87. The van der Waals surface area contributed by atoms with Crippen LogP contribution in [0.25, 0.3) is 0 Å². The lowest BCUT2D eigenvalue weighted by Crippen LogP contribution is -2.30. The van der Waals surface area contributed by atoms with E-state index in [1.165, 1.54) is 24.3 Å². The standard InChI is InChI=1S/C16H15ClF2N2O2/c17-12-3-1-2-11(10-12)8-9-20-16(22)21-13-4-6-14(7-5-13)23-15(18)19/h1-7,10,15H,8-9H2,(H2,20,21,22). The number of benzene rings is 2. The molecule has 0 aliphatic rings. The van der Waals surface area contributed by atoms with Gasteiger partial charge in [0.1, 0.15) is 5.75 Å². The first-order valence-electron chi connectivity index (χ1n) is 6.87. The number of ether oxygens (including phenoxy) is 1. The van der Waals surface area contributed by atoms with Crippen LogP contribution in [0.3, 0.4) is 0 Å². The molecule has 23 heavy (non-hydrogen) atoms. The van der Waals surface area contributed by atoms with Crippen LogP contribution in [0.1, 0.15) is 5.56 Å². The maximum Gasteiger partial charge on any atom is 0.387 e. The van der Waals surface area contributed by atoms with Gasteiger partial charge in [0.2, 0.25) is 0 Å². The fourth-order valence-corrected chi connectivity index (χ4v) is 2.12. The first kappa shape index (κ1) is 17.0. The topological polar surface area (TPSA) is 50.4 Å². The average molecular weight is 341 g/mol. The molecule has 0 radical (unpaired) electrons. The minimum Gasteiger partial charge on any atom is -0.435 e. The zero-order chi connectivity index (χ0) is 16.7. The predicted molar refractivity (Wildman–Crippen MR) is 85.3 cm³/mol. The van der Waals surface area contributed by atoms with Gasteiger partial charge in [-0.1, -0.05) is 23.7 Å². The van der Waals surface area contributed by atoms with Crippen molar-refractivity contribution in [3.05, 3.63) is 59.1 Å². The van der Waals surface area contributed by atoms with Crippen molar-refractivity contribution in [2.45, 2.75) is 13.0 Å². The van der Waals surface area contributed by atoms with Crippen molar-refractivity contribution in [3.8, 4) is 5.75 Å².